The van der Waals surface area contributed by atoms with Crippen molar-refractivity contribution >= 4 is 23.6 Å². The summed E-state index contributed by atoms with van der Waals surface area (Å²) in [6.07, 6.45) is -4.68. The lowest BCUT2D eigenvalue weighted by molar-refractivity contribution is -0.187. The minimum Gasteiger partial charge on any atom is -0.481 e. The van der Waals surface area contributed by atoms with Crippen LogP contribution in [-0.4, -0.2) is 41.3 Å². The number of aliphatic carboxylic acids is 1. The van der Waals surface area contributed by atoms with E-state index in [0.29, 0.717) is 10.6 Å². The van der Waals surface area contributed by atoms with Gasteiger partial charge in [0, 0.05) is 18.1 Å². The van der Waals surface area contributed by atoms with Gasteiger partial charge in [-0.2, -0.15) is 13.2 Å². The summed E-state index contributed by atoms with van der Waals surface area (Å²) < 4.78 is 39.2. The molecule has 3 atom stereocenters. The second-order valence-corrected chi connectivity index (χ2v) is 7.10. The van der Waals surface area contributed by atoms with Gasteiger partial charge in [-0.05, 0) is 17.5 Å². The number of carbonyl (C=O) groups excluding carboxylic acids is 1. The van der Waals surface area contributed by atoms with Crippen LogP contribution in [0.15, 0.2) is 24.3 Å². The van der Waals surface area contributed by atoms with Crippen LogP contribution in [0.4, 0.5) is 18.0 Å². The minimum atomic E-state index is -4.68. The molecule has 1 aromatic carbocycles. The summed E-state index contributed by atoms with van der Waals surface area (Å²) in [5.74, 6) is -5.38. The average molecular weight is 393 g/mol. The molecule has 1 aliphatic rings. The highest BCUT2D eigenvalue weighted by Crippen LogP contribution is 2.38. The number of carboxylic acid groups (broad SMARTS) is 1. The first kappa shape index (κ1) is 20.4. The lowest BCUT2D eigenvalue weighted by Crippen LogP contribution is -2.42. The predicted octanol–water partition coefficient (Wildman–Crippen LogP) is 3.94. The molecule has 2 N–H and O–H groups in total. The third-order valence-corrected chi connectivity index (χ3v) is 4.87. The number of hydrogen-bond acceptors (Lipinski definition) is 2. The van der Waals surface area contributed by atoms with Crippen molar-refractivity contribution < 1.29 is 27.9 Å². The van der Waals surface area contributed by atoms with E-state index in [0.717, 1.165) is 4.90 Å². The smallest absolute Gasteiger partial charge is 0.394 e. The van der Waals surface area contributed by atoms with E-state index in [4.69, 9.17) is 16.7 Å². The fourth-order valence-corrected chi connectivity index (χ4v) is 3.36. The molecule has 0 spiro atoms. The number of benzene rings is 1. The molecule has 144 valence electrons. The zero-order valence-corrected chi connectivity index (χ0v) is 15.0. The first-order valence-electron chi connectivity index (χ1n) is 8.11. The molecule has 0 bridgehead atoms. The first-order valence-corrected chi connectivity index (χ1v) is 8.49. The predicted molar refractivity (Wildman–Crippen MR) is 89.8 cm³/mol. The normalized spacial score (nSPS) is 21.7. The van der Waals surface area contributed by atoms with Crippen LogP contribution < -0.4 is 5.32 Å². The molecule has 1 aromatic rings. The number of nitrogens with zero attached hydrogens (tertiary/aromatic N) is 1. The molecule has 0 aromatic heterocycles. The summed E-state index contributed by atoms with van der Waals surface area (Å²) >= 11 is 6.16. The second kappa shape index (κ2) is 7.73. The Hall–Kier alpha value is -1.96. The zero-order valence-electron chi connectivity index (χ0n) is 14.3. The molecule has 26 heavy (non-hydrogen) atoms. The Morgan fingerprint density at radius 1 is 1.27 bits per heavy atom. The minimum absolute atomic E-state index is 0.0739. The van der Waals surface area contributed by atoms with Crippen LogP contribution in [0.1, 0.15) is 25.5 Å². The first-order chi connectivity index (χ1) is 12.0. The maximum Gasteiger partial charge on any atom is 0.394 e. The number of hydrogen-bond donors (Lipinski definition) is 2. The molecule has 1 aliphatic heterocycles. The van der Waals surface area contributed by atoms with Gasteiger partial charge in [0.25, 0.3) is 0 Å². The van der Waals surface area contributed by atoms with Gasteiger partial charge in [0.1, 0.15) is 0 Å². The van der Waals surface area contributed by atoms with Crippen molar-refractivity contribution in [1.29, 1.82) is 0 Å². The Kier molecular flexibility index (Phi) is 6.05. The fourth-order valence-electron chi connectivity index (χ4n) is 3.11. The van der Waals surface area contributed by atoms with Crippen molar-refractivity contribution in [2.24, 2.45) is 17.8 Å². The van der Waals surface area contributed by atoms with Crippen molar-refractivity contribution in [3.8, 4) is 0 Å². The van der Waals surface area contributed by atoms with Gasteiger partial charge in [0.15, 0.2) is 0 Å². The molecular formula is C17H20ClF3N2O3. The Morgan fingerprint density at radius 2 is 1.88 bits per heavy atom. The Labute approximate surface area is 154 Å². The third kappa shape index (κ3) is 4.41. The molecule has 0 saturated carbocycles. The number of alkyl halides is 3. The van der Waals surface area contributed by atoms with Crippen molar-refractivity contribution in [2.45, 2.75) is 26.1 Å². The highest BCUT2D eigenvalue weighted by molar-refractivity contribution is 6.31. The fraction of sp³-hybridized carbons (Fsp3) is 0.529. The second-order valence-electron chi connectivity index (χ2n) is 6.69. The van der Waals surface area contributed by atoms with E-state index in [1.165, 1.54) is 0 Å². The summed E-state index contributed by atoms with van der Waals surface area (Å²) in [4.78, 5) is 24.6. The number of urea groups is 1. The number of nitrogens with one attached hydrogen (secondary N) is 1. The largest absolute Gasteiger partial charge is 0.481 e. The molecule has 0 aliphatic carbocycles. The summed E-state index contributed by atoms with van der Waals surface area (Å²) in [5.41, 5.74) is 0.652. The molecule has 1 unspecified atom stereocenters. The van der Waals surface area contributed by atoms with E-state index < -0.39 is 49.1 Å². The van der Waals surface area contributed by atoms with E-state index in [9.17, 15) is 22.8 Å². The Bertz CT molecular complexity index is 681. The van der Waals surface area contributed by atoms with Gasteiger partial charge in [0.2, 0.25) is 0 Å². The van der Waals surface area contributed by atoms with E-state index in [-0.39, 0.29) is 5.92 Å². The number of likely N-dealkylation sites (tertiary alicyclic amines) is 1. The van der Waals surface area contributed by atoms with Gasteiger partial charge in [-0.1, -0.05) is 43.6 Å². The number of rotatable bonds is 4. The van der Waals surface area contributed by atoms with Gasteiger partial charge >= 0.3 is 18.2 Å². The molecule has 5 nitrogen and oxygen atoms in total. The van der Waals surface area contributed by atoms with Crippen molar-refractivity contribution in [1.82, 2.24) is 10.2 Å². The van der Waals surface area contributed by atoms with Crippen LogP contribution in [0, 0.1) is 17.8 Å². The molecule has 2 rings (SSSR count). The quantitative estimate of drug-likeness (QED) is 0.815. The van der Waals surface area contributed by atoms with E-state index in [2.05, 4.69) is 5.32 Å². The zero-order chi connectivity index (χ0) is 19.6. The average Bonchev–Trinajstić information content (AvgIpc) is 2.99. The molecule has 2 amide bonds. The van der Waals surface area contributed by atoms with Crippen LogP contribution in [-0.2, 0) is 4.79 Å². The maximum atomic E-state index is 13.1. The molecule has 9 heteroatoms. The molecular weight excluding hydrogens is 373 g/mol. The van der Waals surface area contributed by atoms with Gasteiger partial charge in [0.05, 0.1) is 17.9 Å². The monoisotopic (exact) mass is 392 g/mol. The van der Waals surface area contributed by atoms with Gasteiger partial charge in [-0.25, -0.2) is 4.79 Å². The molecule has 1 fully saturated rings. The number of amides is 2. The van der Waals surface area contributed by atoms with E-state index >= 15 is 0 Å². The SMILES string of the molecule is CC(C)C(NC(=O)N1C[C@@H](C(F)(F)F)[C@H](C(=O)O)C1)c1ccccc1Cl. The van der Waals surface area contributed by atoms with E-state index in [1.54, 1.807) is 24.3 Å². The highest BCUT2D eigenvalue weighted by atomic mass is 35.5. The standard InChI is InChI=1S/C17H20ClF3N2O3/c1-9(2)14(10-5-3-4-6-13(10)18)22-16(26)23-7-11(15(24)25)12(8-23)17(19,20)21/h3-6,9,11-12,14H,7-8H2,1-2H3,(H,22,26)(H,24,25)/t11-,12-,14?/m1/s1. The van der Waals surface area contributed by atoms with Crippen LogP contribution in [0.5, 0.6) is 0 Å². The number of halogens is 4. The lowest BCUT2D eigenvalue weighted by Gasteiger charge is -2.27. The molecule has 1 heterocycles. The highest BCUT2D eigenvalue weighted by Gasteiger charge is 2.53. The van der Waals surface area contributed by atoms with Crippen molar-refractivity contribution in [2.75, 3.05) is 13.1 Å². The van der Waals surface area contributed by atoms with Crippen LogP contribution >= 0.6 is 11.6 Å². The Morgan fingerprint density at radius 3 is 2.35 bits per heavy atom. The lowest BCUT2D eigenvalue weighted by atomic mass is 9.96. The maximum absolute atomic E-state index is 13.1. The Balaban J connectivity index is 2.18. The molecule has 1 saturated heterocycles. The van der Waals surface area contributed by atoms with Crippen LogP contribution in [0.3, 0.4) is 0 Å². The van der Waals surface area contributed by atoms with Gasteiger partial charge < -0.3 is 15.3 Å². The summed E-state index contributed by atoms with van der Waals surface area (Å²) in [6, 6.07) is 5.63. The van der Waals surface area contributed by atoms with Gasteiger partial charge in [-0.3, -0.25) is 4.79 Å². The van der Waals surface area contributed by atoms with Crippen LogP contribution in [0.2, 0.25) is 5.02 Å². The van der Waals surface area contributed by atoms with E-state index in [1.807, 2.05) is 13.8 Å². The summed E-state index contributed by atoms with van der Waals surface area (Å²) in [5, 5.41) is 12.2. The number of carbonyl (C=O) groups is 2. The van der Waals surface area contributed by atoms with Crippen LogP contribution in [0.25, 0.3) is 0 Å². The number of carboxylic acids is 1. The third-order valence-electron chi connectivity index (χ3n) is 4.53. The van der Waals surface area contributed by atoms with Crippen molar-refractivity contribution in [3.05, 3.63) is 34.9 Å². The molecule has 0 radical (unpaired) electrons. The summed E-state index contributed by atoms with van der Waals surface area (Å²) in [7, 11) is 0. The van der Waals surface area contributed by atoms with Gasteiger partial charge in [-0.15, -0.1) is 0 Å². The van der Waals surface area contributed by atoms with Crippen molar-refractivity contribution in [3.63, 3.8) is 0 Å². The topological polar surface area (TPSA) is 69.6 Å². The summed E-state index contributed by atoms with van der Waals surface area (Å²) in [6.45, 7) is 2.52.